The number of aliphatic hydroxyl groups excluding tert-OH is 1. The highest BCUT2D eigenvalue weighted by molar-refractivity contribution is 4.84. The van der Waals surface area contributed by atoms with E-state index in [9.17, 15) is 0 Å². The number of hydrogen-bond donors (Lipinski definition) is 1. The monoisotopic (exact) mass is 170 g/mol. The van der Waals surface area contributed by atoms with Crippen LogP contribution in [0.25, 0.3) is 0 Å². The van der Waals surface area contributed by atoms with E-state index in [0.717, 1.165) is 18.3 Å². The summed E-state index contributed by atoms with van der Waals surface area (Å²) in [4.78, 5) is 0. The highest BCUT2D eigenvalue weighted by Gasteiger charge is 2.33. The molecule has 0 heterocycles. The maximum absolute atomic E-state index is 8.85. The number of hydrogen-bond acceptors (Lipinski definition) is 1. The van der Waals surface area contributed by atoms with Crippen LogP contribution in [0.2, 0.25) is 0 Å². The highest BCUT2D eigenvalue weighted by atomic mass is 16.3. The van der Waals surface area contributed by atoms with Gasteiger partial charge in [-0.3, -0.25) is 0 Å². The fourth-order valence-corrected chi connectivity index (χ4v) is 2.35. The molecule has 2 atom stereocenters. The smallest absolute Gasteiger partial charge is 0.0433 e. The van der Waals surface area contributed by atoms with Gasteiger partial charge < -0.3 is 5.11 Å². The Morgan fingerprint density at radius 3 is 2.50 bits per heavy atom. The molecule has 1 aliphatic rings. The van der Waals surface area contributed by atoms with Crippen LogP contribution in [0.3, 0.4) is 0 Å². The Labute approximate surface area is 76.2 Å². The second kappa shape index (κ2) is 3.78. The maximum Gasteiger partial charge on any atom is 0.0433 e. The van der Waals surface area contributed by atoms with Crippen LogP contribution in [0.1, 0.15) is 46.5 Å². The van der Waals surface area contributed by atoms with Crippen molar-refractivity contribution in [3.05, 3.63) is 0 Å². The van der Waals surface area contributed by atoms with Crippen molar-refractivity contribution in [3.63, 3.8) is 0 Å². The summed E-state index contributed by atoms with van der Waals surface area (Å²) in [6.07, 6.45) is 4.98. The van der Waals surface area contributed by atoms with Gasteiger partial charge in [-0.05, 0) is 36.5 Å². The molecular weight excluding hydrogens is 148 g/mol. The lowest BCUT2D eigenvalue weighted by Gasteiger charge is -2.40. The van der Waals surface area contributed by atoms with Crippen LogP contribution in [0.4, 0.5) is 0 Å². The van der Waals surface area contributed by atoms with Crippen LogP contribution in [-0.4, -0.2) is 11.7 Å². The van der Waals surface area contributed by atoms with Crippen LogP contribution in [0, 0.1) is 17.3 Å². The van der Waals surface area contributed by atoms with Gasteiger partial charge in [-0.1, -0.05) is 27.2 Å². The Hall–Kier alpha value is -0.0400. The van der Waals surface area contributed by atoms with Crippen molar-refractivity contribution >= 4 is 0 Å². The van der Waals surface area contributed by atoms with E-state index < -0.39 is 0 Å². The summed E-state index contributed by atoms with van der Waals surface area (Å²) in [5.41, 5.74) is 0.498. The number of rotatable bonds is 2. The van der Waals surface area contributed by atoms with E-state index in [0.29, 0.717) is 12.0 Å². The summed E-state index contributed by atoms with van der Waals surface area (Å²) >= 11 is 0. The lowest BCUT2D eigenvalue weighted by atomic mass is 9.65. The summed E-state index contributed by atoms with van der Waals surface area (Å²) in [6.45, 7) is 7.45. The van der Waals surface area contributed by atoms with Gasteiger partial charge in [0.1, 0.15) is 0 Å². The minimum Gasteiger partial charge on any atom is -0.396 e. The van der Waals surface area contributed by atoms with Crippen LogP contribution >= 0.6 is 0 Å². The molecule has 1 aliphatic carbocycles. The molecule has 0 spiro atoms. The molecule has 12 heavy (non-hydrogen) atoms. The van der Waals surface area contributed by atoms with Gasteiger partial charge >= 0.3 is 0 Å². The van der Waals surface area contributed by atoms with E-state index in [1.807, 2.05) is 0 Å². The van der Waals surface area contributed by atoms with E-state index in [2.05, 4.69) is 20.8 Å². The number of aliphatic hydroxyl groups is 1. The lowest BCUT2D eigenvalue weighted by molar-refractivity contribution is 0.0922. The average Bonchev–Trinajstić information content (AvgIpc) is 1.97. The van der Waals surface area contributed by atoms with E-state index >= 15 is 0 Å². The van der Waals surface area contributed by atoms with Crippen molar-refractivity contribution in [1.29, 1.82) is 0 Å². The Morgan fingerprint density at radius 2 is 2.00 bits per heavy atom. The third-order valence-corrected chi connectivity index (χ3v) is 3.69. The predicted molar refractivity (Wildman–Crippen MR) is 52.0 cm³/mol. The molecule has 1 heteroatoms. The molecular formula is C11H22O. The zero-order chi connectivity index (χ0) is 9.19. The Morgan fingerprint density at radius 1 is 1.33 bits per heavy atom. The van der Waals surface area contributed by atoms with Crippen LogP contribution in [0.15, 0.2) is 0 Å². The maximum atomic E-state index is 8.85. The first-order valence-electron chi connectivity index (χ1n) is 5.17. The predicted octanol–water partition coefficient (Wildman–Crippen LogP) is 2.83. The molecule has 0 aliphatic heterocycles. The quantitative estimate of drug-likeness (QED) is 0.675. The molecule has 1 rings (SSSR count). The molecule has 72 valence electrons. The van der Waals surface area contributed by atoms with Gasteiger partial charge in [-0.25, -0.2) is 0 Å². The molecule has 1 fully saturated rings. The molecule has 1 saturated carbocycles. The average molecular weight is 170 g/mol. The summed E-state index contributed by atoms with van der Waals surface area (Å²) in [6, 6.07) is 0. The van der Waals surface area contributed by atoms with Gasteiger partial charge in [0.2, 0.25) is 0 Å². The van der Waals surface area contributed by atoms with Crippen molar-refractivity contribution in [2.75, 3.05) is 6.61 Å². The zero-order valence-electron chi connectivity index (χ0n) is 8.64. The summed E-state index contributed by atoms with van der Waals surface area (Å²) in [7, 11) is 0. The van der Waals surface area contributed by atoms with Crippen molar-refractivity contribution in [3.8, 4) is 0 Å². The summed E-state index contributed by atoms with van der Waals surface area (Å²) < 4.78 is 0. The van der Waals surface area contributed by atoms with Gasteiger partial charge in [-0.15, -0.1) is 0 Å². The van der Waals surface area contributed by atoms with E-state index in [-0.39, 0.29) is 0 Å². The van der Waals surface area contributed by atoms with Crippen LogP contribution < -0.4 is 0 Å². The first kappa shape index (κ1) is 10.0. The summed E-state index contributed by atoms with van der Waals surface area (Å²) in [5.74, 6) is 1.63. The fraction of sp³-hybridized carbons (Fsp3) is 1.00. The molecule has 0 radical (unpaired) electrons. The third-order valence-electron chi connectivity index (χ3n) is 3.69. The largest absolute Gasteiger partial charge is 0.396 e. The molecule has 2 unspecified atom stereocenters. The molecule has 0 amide bonds. The fourth-order valence-electron chi connectivity index (χ4n) is 2.35. The zero-order valence-corrected chi connectivity index (χ0v) is 8.64. The molecule has 0 bridgehead atoms. The van der Waals surface area contributed by atoms with E-state index in [1.54, 1.807) is 0 Å². The van der Waals surface area contributed by atoms with E-state index in [1.165, 1.54) is 19.3 Å². The van der Waals surface area contributed by atoms with Crippen molar-refractivity contribution < 1.29 is 5.11 Å². The molecule has 0 aromatic rings. The van der Waals surface area contributed by atoms with Gasteiger partial charge in [0, 0.05) is 6.61 Å². The van der Waals surface area contributed by atoms with Crippen LogP contribution in [0.5, 0.6) is 0 Å². The molecule has 0 saturated heterocycles. The topological polar surface area (TPSA) is 20.2 Å². The Balaban J connectivity index is 2.45. The standard InChI is InChI=1S/C11H22O/c1-9-4-5-10(6-7-12)8-11(9,2)3/h9-10,12H,4-8H2,1-3H3. The lowest BCUT2D eigenvalue weighted by Crippen LogP contribution is -2.30. The minimum absolute atomic E-state index is 0.370. The van der Waals surface area contributed by atoms with Gasteiger partial charge in [0.15, 0.2) is 0 Å². The first-order valence-corrected chi connectivity index (χ1v) is 5.17. The molecule has 0 aromatic heterocycles. The second-order valence-corrected chi connectivity index (χ2v) is 5.05. The second-order valence-electron chi connectivity index (χ2n) is 5.05. The van der Waals surface area contributed by atoms with Gasteiger partial charge in [0.25, 0.3) is 0 Å². The van der Waals surface area contributed by atoms with Gasteiger partial charge in [-0.2, -0.15) is 0 Å². The highest BCUT2D eigenvalue weighted by Crippen LogP contribution is 2.43. The SMILES string of the molecule is CC1CCC(CCO)CC1(C)C. The Kier molecular flexibility index (Phi) is 3.16. The van der Waals surface area contributed by atoms with E-state index in [4.69, 9.17) is 5.11 Å². The third kappa shape index (κ3) is 2.22. The van der Waals surface area contributed by atoms with Crippen molar-refractivity contribution in [1.82, 2.24) is 0 Å². The molecule has 1 N–H and O–H groups in total. The van der Waals surface area contributed by atoms with Gasteiger partial charge in [0.05, 0.1) is 0 Å². The van der Waals surface area contributed by atoms with Crippen LogP contribution in [-0.2, 0) is 0 Å². The minimum atomic E-state index is 0.370. The molecule has 0 aromatic carbocycles. The first-order chi connectivity index (χ1) is 5.56. The van der Waals surface area contributed by atoms with Crippen molar-refractivity contribution in [2.45, 2.75) is 46.5 Å². The molecule has 1 nitrogen and oxygen atoms in total. The summed E-state index contributed by atoms with van der Waals surface area (Å²) in [5, 5.41) is 8.85. The van der Waals surface area contributed by atoms with Crippen molar-refractivity contribution in [2.24, 2.45) is 17.3 Å². The Bertz CT molecular complexity index is 140. The normalized spacial score (nSPS) is 35.0.